The van der Waals surface area contributed by atoms with Gasteiger partial charge < -0.3 is 10.6 Å². The van der Waals surface area contributed by atoms with E-state index < -0.39 is 5.41 Å². The van der Waals surface area contributed by atoms with Gasteiger partial charge in [0.1, 0.15) is 5.41 Å². The van der Waals surface area contributed by atoms with Gasteiger partial charge in [-0.25, -0.2) is 0 Å². The van der Waals surface area contributed by atoms with Crippen LogP contribution in [-0.2, 0) is 9.59 Å². The molecule has 0 atom stereocenters. The van der Waals surface area contributed by atoms with Crippen molar-refractivity contribution in [2.24, 2.45) is 5.41 Å². The van der Waals surface area contributed by atoms with Crippen LogP contribution in [0.25, 0.3) is 0 Å². The Morgan fingerprint density at radius 3 is 2.22 bits per heavy atom. The summed E-state index contributed by atoms with van der Waals surface area (Å²) in [7, 11) is 0. The van der Waals surface area contributed by atoms with Crippen molar-refractivity contribution in [2.45, 2.75) is 39.5 Å². The molecule has 0 heterocycles. The molecule has 0 spiro atoms. The van der Waals surface area contributed by atoms with Gasteiger partial charge in [0.05, 0.1) is 11.6 Å². The molecule has 2 aromatic carbocycles. The number of anilines is 2. The Morgan fingerprint density at radius 2 is 1.67 bits per heavy atom. The third-order valence-corrected chi connectivity index (χ3v) is 5.06. The normalized spacial score (nSPS) is 14.3. The predicted molar refractivity (Wildman–Crippen MR) is 105 cm³/mol. The number of para-hydroxylation sites is 1. The highest BCUT2D eigenvalue weighted by Gasteiger charge is 2.56. The number of carbonyl (C=O) groups excluding carboxylic acids is 2. The van der Waals surface area contributed by atoms with E-state index in [2.05, 4.69) is 24.5 Å². The number of benzene rings is 2. The molecule has 5 heteroatoms. The summed E-state index contributed by atoms with van der Waals surface area (Å²) < 4.78 is 0. The number of rotatable bonds is 5. The van der Waals surface area contributed by atoms with Crippen LogP contribution in [0.1, 0.15) is 49.3 Å². The number of nitrogens with zero attached hydrogens (tertiary/aromatic N) is 1. The van der Waals surface area contributed by atoms with Gasteiger partial charge in [-0.1, -0.05) is 32.0 Å². The van der Waals surface area contributed by atoms with E-state index in [-0.39, 0.29) is 17.7 Å². The van der Waals surface area contributed by atoms with E-state index >= 15 is 0 Å². The SMILES string of the molecule is Cc1cccc(C(C)C)c1NC(=O)C1(C(=O)Nc2ccc(C#N)cc2)CC1. The summed E-state index contributed by atoms with van der Waals surface area (Å²) in [6.45, 7) is 6.11. The van der Waals surface area contributed by atoms with Gasteiger partial charge >= 0.3 is 0 Å². The molecule has 5 nitrogen and oxygen atoms in total. The highest BCUT2D eigenvalue weighted by Crippen LogP contribution is 2.48. The first kappa shape index (κ1) is 18.7. The molecule has 0 aliphatic heterocycles. The van der Waals surface area contributed by atoms with Crippen LogP contribution in [-0.4, -0.2) is 11.8 Å². The molecule has 1 aliphatic carbocycles. The first-order chi connectivity index (χ1) is 12.9. The molecule has 1 fully saturated rings. The molecule has 2 aromatic rings. The van der Waals surface area contributed by atoms with E-state index in [9.17, 15) is 9.59 Å². The lowest BCUT2D eigenvalue weighted by Gasteiger charge is -2.20. The van der Waals surface area contributed by atoms with E-state index in [1.54, 1.807) is 24.3 Å². The maximum absolute atomic E-state index is 12.9. The second-order valence-corrected chi connectivity index (χ2v) is 7.37. The summed E-state index contributed by atoms with van der Waals surface area (Å²) in [4.78, 5) is 25.7. The van der Waals surface area contributed by atoms with Gasteiger partial charge in [0.2, 0.25) is 11.8 Å². The number of hydrogen-bond acceptors (Lipinski definition) is 3. The van der Waals surface area contributed by atoms with Crippen molar-refractivity contribution in [1.29, 1.82) is 5.26 Å². The summed E-state index contributed by atoms with van der Waals surface area (Å²) in [6.07, 6.45) is 1.06. The van der Waals surface area contributed by atoms with Crippen molar-refractivity contribution >= 4 is 23.2 Å². The molecule has 2 amide bonds. The van der Waals surface area contributed by atoms with E-state index in [1.807, 2.05) is 31.2 Å². The van der Waals surface area contributed by atoms with Gasteiger partial charge in [0.25, 0.3) is 0 Å². The Morgan fingerprint density at radius 1 is 1.04 bits per heavy atom. The van der Waals surface area contributed by atoms with Crippen LogP contribution in [0.4, 0.5) is 11.4 Å². The average Bonchev–Trinajstić information content (AvgIpc) is 3.46. The van der Waals surface area contributed by atoms with Gasteiger partial charge in [0, 0.05) is 11.4 Å². The lowest BCUT2D eigenvalue weighted by molar-refractivity contribution is -0.131. The Bertz CT molecular complexity index is 920. The summed E-state index contributed by atoms with van der Waals surface area (Å²) in [5.41, 5.74) is 2.92. The molecule has 1 aliphatic rings. The van der Waals surface area contributed by atoms with Crippen LogP contribution in [0.2, 0.25) is 0 Å². The van der Waals surface area contributed by atoms with Crippen LogP contribution >= 0.6 is 0 Å². The molecule has 27 heavy (non-hydrogen) atoms. The fraction of sp³-hybridized carbons (Fsp3) is 0.318. The summed E-state index contributed by atoms with van der Waals surface area (Å²) in [5.74, 6) is -0.294. The summed E-state index contributed by atoms with van der Waals surface area (Å²) in [5, 5.41) is 14.7. The fourth-order valence-electron chi connectivity index (χ4n) is 3.14. The third kappa shape index (κ3) is 3.70. The zero-order valence-corrected chi connectivity index (χ0v) is 15.8. The molecular weight excluding hydrogens is 338 g/mol. The molecule has 3 rings (SSSR count). The minimum absolute atomic E-state index is 0.259. The predicted octanol–water partition coefficient (Wildman–Crippen LogP) is 4.35. The quantitative estimate of drug-likeness (QED) is 0.777. The molecule has 0 bridgehead atoms. The standard InChI is InChI=1S/C22H23N3O2/c1-14(2)18-6-4-5-15(3)19(18)25-21(27)22(11-12-22)20(26)24-17-9-7-16(13-23)8-10-17/h4-10,14H,11-12H2,1-3H3,(H,24,26)(H,25,27). The highest BCUT2D eigenvalue weighted by molar-refractivity contribution is 6.17. The lowest BCUT2D eigenvalue weighted by Crippen LogP contribution is -2.36. The molecular formula is C22H23N3O2. The monoisotopic (exact) mass is 361 g/mol. The van der Waals surface area contributed by atoms with Crippen LogP contribution < -0.4 is 10.6 Å². The van der Waals surface area contributed by atoms with Gasteiger partial charge in [-0.3, -0.25) is 9.59 Å². The third-order valence-electron chi connectivity index (χ3n) is 5.06. The van der Waals surface area contributed by atoms with Gasteiger partial charge in [0.15, 0.2) is 0 Å². The van der Waals surface area contributed by atoms with E-state index in [1.165, 1.54) is 0 Å². The second-order valence-electron chi connectivity index (χ2n) is 7.37. The molecule has 0 aromatic heterocycles. The molecule has 0 saturated heterocycles. The Labute approximate surface area is 159 Å². The summed E-state index contributed by atoms with van der Waals surface area (Å²) in [6, 6.07) is 14.6. The molecule has 2 N–H and O–H groups in total. The second kappa shape index (κ2) is 7.24. The maximum atomic E-state index is 12.9. The first-order valence-corrected chi connectivity index (χ1v) is 9.10. The van der Waals surface area contributed by atoms with Crippen LogP contribution in [0.5, 0.6) is 0 Å². The van der Waals surface area contributed by atoms with Crippen molar-refractivity contribution < 1.29 is 9.59 Å². The van der Waals surface area contributed by atoms with E-state index in [0.717, 1.165) is 16.8 Å². The number of nitriles is 1. The van der Waals surface area contributed by atoms with Crippen LogP contribution in [0.15, 0.2) is 42.5 Å². The lowest BCUT2D eigenvalue weighted by atomic mass is 9.97. The Balaban J connectivity index is 1.77. The topological polar surface area (TPSA) is 82.0 Å². The number of nitrogens with one attached hydrogen (secondary N) is 2. The number of amides is 2. The van der Waals surface area contributed by atoms with Crippen molar-refractivity contribution in [3.63, 3.8) is 0 Å². The number of aryl methyl sites for hydroxylation is 1. The molecule has 1 saturated carbocycles. The van der Waals surface area contributed by atoms with Crippen molar-refractivity contribution in [1.82, 2.24) is 0 Å². The number of carbonyl (C=O) groups is 2. The van der Waals surface area contributed by atoms with E-state index in [0.29, 0.717) is 24.1 Å². The van der Waals surface area contributed by atoms with Crippen LogP contribution in [0.3, 0.4) is 0 Å². The van der Waals surface area contributed by atoms with Gasteiger partial charge in [-0.05, 0) is 61.1 Å². The zero-order chi connectivity index (χ0) is 19.6. The van der Waals surface area contributed by atoms with Gasteiger partial charge in [-0.15, -0.1) is 0 Å². The minimum atomic E-state index is -1.02. The largest absolute Gasteiger partial charge is 0.325 e. The Hall–Kier alpha value is -3.13. The average molecular weight is 361 g/mol. The van der Waals surface area contributed by atoms with Crippen molar-refractivity contribution in [3.8, 4) is 6.07 Å². The fourth-order valence-corrected chi connectivity index (χ4v) is 3.14. The highest BCUT2D eigenvalue weighted by atomic mass is 16.2. The van der Waals surface area contributed by atoms with Crippen molar-refractivity contribution in [2.75, 3.05) is 10.6 Å². The molecule has 138 valence electrons. The smallest absolute Gasteiger partial charge is 0.240 e. The molecule has 0 radical (unpaired) electrons. The zero-order valence-electron chi connectivity index (χ0n) is 15.8. The maximum Gasteiger partial charge on any atom is 0.240 e. The number of hydrogen-bond donors (Lipinski definition) is 2. The minimum Gasteiger partial charge on any atom is -0.325 e. The molecule has 0 unspecified atom stereocenters. The Kier molecular flexibility index (Phi) is 5.00. The van der Waals surface area contributed by atoms with Crippen molar-refractivity contribution in [3.05, 3.63) is 59.2 Å². The summed E-state index contributed by atoms with van der Waals surface area (Å²) >= 11 is 0. The van der Waals surface area contributed by atoms with Gasteiger partial charge in [-0.2, -0.15) is 5.26 Å². The van der Waals surface area contributed by atoms with Crippen LogP contribution in [0, 0.1) is 23.7 Å². The first-order valence-electron chi connectivity index (χ1n) is 9.10. The van der Waals surface area contributed by atoms with E-state index in [4.69, 9.17) is 5.26 Å².